The van der Waals surface area contributed by atoms with Gasteiger partial charge in [-0.25, -0.2) is 15.0 Å². The van der Waals surface area contributed by atoms with Crippen LogP contribution in [0.3, 0.4) is 0 Å². The molecule has 80 valence electrons. The molecule has 0 radical (unpaired) electrons. The van der Waals surface area contributed by atoms with E-state index in [2.05, 4.69) is 20.3 Å². The Bertz CT molecular complexity index is 588. The molecule has 0 saturated carbocycles. The van der Waals surface area contributed by atoms with Gasteiger partial charge in [0, 0.05) is 5.38 Å². The van der Waals surface area contributed by atoms with Crippen LogP contribution in [-0.2, 0) is 6.54 Å². The molecule has 0 saturated heterocycles. The molecule has 0 unspecified atom stereocenters. The van der Waals surface area contributed by atoms with E-state index in [4.69, 9.17) is 0 Å². The molecule has 6 heteroatoms. The van der Waals surface area contributed by atoms with Crippen LogP contribution in [0.5, 0.6) is 0 Å². The molecule has 1 N–H and O–H groups in total. The summed E-state index contributed by atoms with van der Waals surface area (Å²) in [5.74, 6) is 0.874. The molecule has 0 atom stereocenters. The molecular weight excluding hydrogens is 240 g/mol. The number of anilines is 1. The Labute approximate surface area is 100 Å². The van der Waals surface area contributed by atoms with Gasteiger partial charge in [0.05, 0.1) is 23.1 Å². The highest BCUT2D eigenvalue weighted by atomic mass is 32.1. The zero-order valence-electron chi connectivity index (χ0n) is 8.25. The van der Waals surface area contributed by atoms with E-state index in [0.29, 0.717) is 6.54 Å². The Balaban J connectivity index is 1.86. The molecule has 0 aliphatic heterocycles. The minimum Gasteiger partial charge on any atom is -0.364 e. The van der Waals surface area contributed by atoms with Gasteiger partial charge in [-0.15, -0.1) is 22.7 Å². The quantitative estimate of drug-likeness (QED) is 0.774. The van der Waals surface area contributed by atoms with Gasteiger partial charge in [0.25, 0.3) is 0 Å². The highest BCUT2D eigenvalue weighted by molar-refractivity contribution is 7.16. The van der Waals surface area contributed by atoms with Crippen LogP contribution < -0.4 is 5.32 Å². The van der Waals surface area contributed by atoms with Crippen LogP contribution in [0.4, 0.5) is 5.82 Å². The molecule has 3 rings (SSSR count). The first-order valence-electron chi connectivity index (χ1n) is 4.72. The van der Waals surface area contributed by atoms with Crippen molar-refractivity contribution in [3.05, 3.63) is 34.4 Å². The van der Waals surface area contributed by atoms with E-state index in [-0.39, 0.29) is 0 Å². The highest BCUT2D eigenvalue weighted by Crippen LogP contribution is 2.23. The maximum absolute atomic E-state index is 4.24. The van der Waals surface area contributed by atoms with Gasteiger partial charge < -0.3 is 5.32 Å². The predicted octanol–water partition coefficient (Wildman–Crippen LogP) is 2.76. The van der Waals surface area contributed by atoms with Crippen LogP contribution in [0, 0.1) is 0 Å². The van der Waals surface area contributed by atoms with E-state index in [0.717, 1.165) is 21.7 Å². The van der Waals surface area contributed by atoms with Gasteiger partial charge in [-0.05, 0) is 11.4 Å². The number of rotatable bonds is 3. The second-order valence-corrected chi connectivity index (χ2v) is 4.81. The van der Waals surface area contributed by atoms with Crippen molar-refractivity contribution in [3.8, 4) is 0 Å². The first kappa shape index (κ1) is 9.68. The van der Waals surface area contributed by atoms with Crippen LogP contribution in [0.2, 0.25) is 0 Å². The largest absolute Gasteiger partial charge is 0.364 e. The van der Waals surface area contributed by atoms with E-state index >= 15 is 0 Å². The molecule has 16 heavy (non-hydrogen) atoms. The Morgan fingerprint density at radius 3 is 3.12 bits per heavy atom. The summed E-state index contributed by atoms with van der Waals surface area (Å²) in [7, 11) is 0. The van der Waals surface area contributed by atoms with Gasteiger partial charge in [0.15, 0.2) is 0 Å². The lowest BCUT2D eigenvalue weighted by molar-refractivity contribution is 1.05. The fourth-order valence-electron chi connectivity index (χ4n) is 1.43. The standard InChI is InChI=1S/C10H8N4S2/c1-2-16-10-8(1)9(12-5-13-10)11-3-7-4-15-6-14-7/h1-2,4-6H,3H2,(H,11,12,13). The number of nitrogens with one attached hydrogen (secondary N) is 1. The van der Waals surface area contributed by atoms with Crippen LogP contribution in [0.15, 0.2) is 28.7 Å². The summed E-state index contributed by atoms with van der Waals surface area (Å²) in [5.41, 5.74) is 2.86. The van der Waals surface area contributed by atoms with Crippen LogP contribution >= 0.6 is 22.7 Å². The first-order valence-corrected chi connectivity index (χ1v) is 6.55. The van der Waals surface area contributed by atoms with Crippen LogP contribution in [0.25, 0.3) is 10.2 Å². The normalized spacial score (nSPS) is 10.8. The van der Waals surface area contributed by atoms with E-state index in [1.807, 2.05) is 22.3 Å². The minimum atomic E-state index is 0.700. The summed E-state index contributed by atoms with van der Waals surface area (Å²) < 4.78 is 0. The van der Waals surface area contributed by atoms with Crippen LogP contribution in [-0.4, -0.2) is 15.0 Å². The Morgan fingerprint density at radius 1 is 1.25 bits per heavy atom. The highest BCUT2D eigenvalue weighted by Gasteiger charge is 2.04. The maximum Gasteiger partial charge on any atom is 0.138 e. The van der Waals surface area contributed by atoms with E-state index in [1.54, 1.807) is 29.0 Å². The number of nitrogens with zero attached hydrogens (tertiary/aromatic N) is 3. The smallest absolute Gasteiger partial charge is 0.138 e. The summed E-state index contributed by atoms with van der Waals surface area (Å²) in [6.45, 7) is 0.700. The fraction of sp³-hybridized carbons (Fsp3) is 0.100. The number of fused-ring (bicyclic) bond motifs is 1. The summed E-state index contributed by atoms with van der Waals surface area (Å²) in [6.07, 6.45) is 1.59. The van der Waals surface area contributed by atoms with E-state index in [9.17, 15) is 0 Å². The lowest BCUT2D eigenvalue weighted by Gasteiger charge is -2.03. The summed E-state index contributed by atoms with van der Waals surface area (Å²) in [6, 6.07) is 2.03. The maximum atomic E-state index is 4.24. The molecule has 3 aromatic rings. The molecule has 0 aliphatic carbocycles. The molecule has 0 aromatic carbocycles. The van der Waals surface area contributed by atoms with Crippen molar-refractivity contribution in [1.29, 1.82) is 0 Å². The topological polar surface area (TPSA) is 50.7 Å². The summed E-state index contributed by atoms with van der Waals surface area (Å²) in [5, 5.41) is 8.40. The van der Waals surface area contributed by atoms with Gasteiger partial charge in [-0.1, -0.05) is 0 Å². The predicted molar refractivity (Wildman–Crippen MR) is 66.9 cm³/mol. The molecule has 0 bridgehead atoms. The third-order valence-electron chi connectivity index (χ3n) is 2.18. The first-order chi connectivity index (χ1) is 7.93. The third kappa shape index (κ3) is 1.77. The van der Waals surface area contributed by atoms with E-state index < -0.39 is 0 Å². The number of thiophene rings is 1. The van der Waals surface area contributed by atoms with Crippen LogP contribution in [0.1, 0.15) is 5.69 Å². The SMILES string of the molecule is c1nc(NCc2cscn2)c2ccsc2n1. The second kappa shape index (κ2) is 4.15. The van der Waals surface area contributed by atoms with Gasteiger partial charge in [-0.2, -0.15) is 0 Å². The number of aromatic nitrogens is 3. The molecule has 4 nitrogen and oxygen atoms in total. The van der Waals surface area contributed by atoms with Crippen molar-refractivity contribution in [2.75, 3.05) is 5.32 Å². The van der Waals surface area contributed by atoms with E-state index in [1.165, 1.54) is 0 Å². The molecule has 3 aromatic heterocycles. The zero-order chi connectivity index (χ0) is 10.8. The van der Waals surface area contributed by atoms with Gasteiger partial charge >= 0.3 is 0 Å². The average molecular weight is 248 g/mol. The summed E-state index contributed by atoms with van der Waals surface area (Å²) in [4.78, 5) is 13.7. The van der Waals surface area contributed by atoms with Crippen molar-refractivity contribution < 1.29 is 0 Å². The second-order valence-electron chi connectivity index (χ2n) is 3.20. The fourth-order valence-corrected chi connectivity index (χ4v) is 2.72. The average Bonchev–Trinajstić information content (AvgIpc) is 2.97. The zero-order valence-corrected chi connectivity index (χ0v) is 9.88. The molecule has 0 spiro atoms. The number of thiazole rings is 1. The third-order valence-corrected chi connectivity index (χ3v) is 3.64. The molecule has 3 heterocycles. The Kier molecular flexibility index (Phi) is 2.51. The Morgan fingerprint density at radius 2 is 2.25 bits per heavy atom. The monoisotopic (exact) mass is 248 g/mol. The molecule has 0 amide bonds. The van der Waals surface area contributed by atoms with Crippen molar-refractivity contribution in [2.24, 2.45) is 0 Å². The lowest BCUT2D eigenvalue weighted by atomic mass is 10.3. The van der Waals surface area contributed by atoms with Crippen molar-refractivity contribution in [2.45, 2.75) is 6.54 Å². The molecule has 0 fully saturated rings. The van der Waals surface area contributed by atoms with Crippen molar-refractivity contribution in [3.63, 3.8) is 0 Å². The Hall–Kier alpha value is -1.53. The molecule has 0 aliphatic rings. The summed E-state index contributed by atoms with van der Waals surface area (Å²) >= 11 is 3.22. The lowest BCUT2D eigenvalue weighted by Crippen LogP contribution is -2.01. The van der Waals surface area contributed by atoms with Gasteiger partial charge in [0.2, 0.25) is 0 Å². The van der Waals surface area contributed by atoms with Crippen molar-refractivity contribution >= 4 is 38.7 Å². The molecular formula is C10H8N4S2. The minimum absolute atomic E-state index is 0.700. The number of hydrogen-bond acceptors (Lipinski definition) is 6. The van der Waals surface area contributed by atoms with Crippen molar-refractivity contribution in [1.82, 2.24) is 15.0 Å². The van der Waals surface area contributed by atoms with Gasteiger partial charge in [-0.3, -0.25) is 0 Å². The number of hydrogen-bond donors (Lipinski definition) is 1. The van der Waals surface area contributed by atoms with Gasteiger partial charge in [0.1, 0.15) is 17.0 Å².